The molecule has 0 radical (unpaired) electrons. The van der Waals surface area contributed by atoms with Crippen LogP contribution in [0, 0.1) is 13.8 Å². The normalized spacial score (nSPS) is 12.5. The van der Waals surface area contributed by atoms with Crippen molar-refractivity contribution in [1.29, 1.82) is 0 Å². The third kappa shape index (κ3) is 7.99. The molecule has 0 aliphatic rings. The number of carbonyl (C=O) groups is 3. The van der Waals surface area contributed by atoms with Crippen LogP contribution in [0.3, 0.4) is 0 Å². The summed E-state index contributed by atoms with van der Waals surface area (Å²) >= 11 is 6.36. The fourth-order valence-corrected chi connectivity index (χ4v) is 3.96. The van der Waals surface area contributed by atoms with Crippen molar-refractivity contribution in [3.8, 4) is 0 Å². The molecule has 8 heteroatoms. The molecule has 190 valence electrons. The number of ether oxygens (including phenoxy) is 1. The molecule has 2 aromatic rings. The second kappa shape index (κ2) is 11.1. The molecule has 0 aromatic heterocycles. The topological polar surface area (TPSA) is 87.7 Å². The number of nitrogens with zero attached hydrogens (tertiary/aromatic N) is 1. The Hall–Kier alpha value is -3.06. The van der Waals surface area contributed by atoms with Gasteiger partial charge in [0, 0.05) is 5.54 Å². The van der Waals surface area contributed by atoms with Crippen LogP contribution in [-0.2, 0) is 14.3 Å². The minimum Gasteiger partial charge on any atom is -0.444 e. The lowest BCUT2D eigenvalue weighted by molar-refractivity contribution is -0.144. The van der Waals surface area contributed by atoms with Gasteiger partial charge in [0.2, 0.25) is 5.91 Å². The van der Waals surface area contributed by atoms with Crippen LogP contribution < -0.4 is 10.6 Å². The largest absolute Gasteiger partial charge is 0.444 e. The fourth-order valence-electron chi connectivity index (χ4n) is 3.69. The monoisotopic (exact) mass is 501 g/mol. The maximum atomic E-state index is 13.8. The van der Waals surface area contributed by atoms with Gasteiger partial charge in [0.1, 0.15) is 18.2 Å². The van der Waals surface area contributed by atoms with Crippen LogP contribution in [0.4, 0.5) is 10.5 Å². The van der Waals surface area contributed by atoms with E-state index in [1.807, 2.05) is 65.0 Å². The van der Waals surface area contributed by atoms with Gasteiger partial charge in [-0.1, -0.05) is 53.6 Å². The van der Waals surface area contributed by atoms with E-state index in [2.05, 4.69) is 10.6 Å². The van der Waals surface area contributed by atoms with Gasteiger partial charge in [-0.2, -0.15) is 0 Å². The molecule has 0 aliphatic heterocycles. The number of para-hydroxylation sites is 1. The minimum absolute atomic E-state index is 0.326. The zero-order chi connectivity index (χ0) is 26.6. The predicted molar refractivity (Wildman–Crippen MR) is 140 cm³/mol. The molecule has 0 heterocycles. The van der Waals surface area contributed by atoms with Crippen LogP contribution >= 0.6 is 11.6 Å². The van der Waals surface area contributed by atoms with E-state index in [1.165, 1.54) is 4.90 Å². The number of halogens is 1. The van der Waals surface area contributed by atoms with Crippen molar-refractivity contribution in [3.05, 3.63) is 64.2 Å². The van der Waals surface area contributed by atoms with Gasteiger partial charge in [0.05, 0.1) is 10.7 Å². The number of benzene rings is 2. The second-order valence-corrected chi connectivity index (χ2v) is 10.9. The van der Waals surface area contributed by atoms with Crippen LogP contribution in [0.15, 0.2) is 42.5 Å². The van der Waals surface area contributed by atoms with Gasteiger partial charge in [-0.25, -0.2) is 4.79 Å². The van der Waals surface area contributed by atoms with Crippen LogP contribution in [-0.4, -0.2) is 40.5 Å². The highest BCUT2D eigenvalue weighted by Gasteiger charge is 2.39. The fraction of sp³-hybridized carbons (Fsp3) is 0.444. The molecule has 2 rings (SSSR count). The lowest BCUT2D eigenvalue weighted by Crippen LogP contribution is -2.54. The zero-order valence-electron chi connectivity index (χ0n) is 21.8. The number of rotatable bonds is 6. The minimum atomic E-state index is -0.974. The maximum Gasteiger partial charge on any atom is 0.408 e. The third-order valence-corrected chi connectivity index (χ3v) is 5.42. The summed E-state index contributed by atoms with van der Waals surface area (Å²) in [4.78, 5) is 40.9. The Morgan fingerprint density at radius 2 is 1.63 bits per heavy atom. The highest BCUT2D eigenvalue weighted by molar-refractivity contribution is 6.34. The number of aryl methyl sites for hydroxylation is 2. The summed E-state index contributed by atoms with van der Waals surface area (Å²) in [5.74, 6) is -0.840. The molecule has 2 aromatic carbocycles. The number of hydrogen-bond acceptors (Lipinski definition) is 4. The molecule has 0 aliphatic carbocycles. The van der Waals surface area contributed by atoms with Crippen molar-refractivity contribution in [2.75, 3.05) is 11.9 Å². The lowest BCUT2D eigenvalue weighted by Gasteiger charge is -2.41. The Bertz CT molecular complexity index is 1070. The van der Waals surface area contributed by atoms with Crippen molar-refractivity contribution in [1.82, 2.24) is 10.2 Å². The summed E-state index contributed by atoms with van der Waals surface area (Å²) in [5, 5.41) is 5.84. The molecule has 1 unspecified atom stereocenters. The summed E-state index contributed by atoms with van der Waals surface area (Å²) in [6, 6.07) is 11.8. The smallest absolute Gasteiger partial charge is 0.408 e. The summed E-state index contributed by atoms with van der Waals surface area (Å²) in [6.45, 7) is 14.2. The van der Waals surface area contributed by atoms with Crippen molar-refractivity contribution < 1.29 is 19.1 Å². The maximum absolute atomic E-state index is 13.8. The number of nitrogens with one attached hydrogen (secondary N) is 2. The number of carbonyl (C=O) groups excluding carboxylic acids is 3. The molecule has 0 saturated heterocycles. The van der Waals surface area contributed by atoms with Gasteiger partial charge in [-0.3, -0.25) is 9.59 Å². The van der Waals surface area contributed by atoms with E-state index in [4.69, 9.17) is 16.3 Å². The Balaban J connectivity index is 2.46. The van der Waals surface area contributed by atoms with E-state index in [0.29, 0.717) is 16.3 Å². The van der Waals surface area contributed by atoms with E-state index in [-0.39, 0.29) is 6.54 Å². The van der Waals surface area contributed by atoms with Gasteiger partial charge < -0.3 is 20.3 Å². The lowest BCUT2D eigenvalue weighted by atomic mass is 9.95. The molecule has 0 saturated carbocycles. The highest BCUT2D eigenvalue weighted by Crippen LogP contribution is 2.32. The standard InChI is InChI=1S/C27H36ClN3O4/c1-17-11-9-13-19(15-17)23(24(33)30-22-18(2)12-10-14-20(22)28)31(26(3,4)5)21(32)16-29-25(34)35-27(6,7)8/h9-15,23H,16H2,1-8H3,(H,29,34)(H,30,33). The van der Waals surface area contributed by atoms with E-state index < -0.39 is 35.1 Å². The average molecular weight is 502 g/mol. The van der Waals surface area contributed by atoms with Gasteiger partial charge in [0.25, 0.3) is 5.91 Å². The zero-order valence-corrected chi connectivity index (χ0v) is 22.5. The summed E-state index contributed by atoms with van der Waals surface area (Å²) in [6.07, 6.45) is -0.706. The summed E-state index contributed by atoms with van der Waals surface area (Å²) in [5.41, 5.74) is 1.43. The van der Waals surface area contributed by atoms with Crippen molar-refractivity contribution >= 4 is 35.2 Å². The van der Waals surface area contributed by atoms with E-state index in [9.17, 15) is 14.4 Å². The first-order valence-corrected chi connectivity index (χ1v) is 11.9. The van der Waals surface area contributed by atoms with Gasteiger partial charge >= 0.3 is 6.09 Å². The van der Waals surface area contributed by atoms with Crippen LogP contribution in [0.2, 0.25) is 5.02 Å². The number of amides is 3. The van der Waals surface area contributed by atoms with E-state index in [0.717, 1.165) is 11.1 Å². The predicted octanol–water partition coefficient (Wildman–Crippen LogP) is 5.79. The van der Waals surface area contributed by atoms with Crippen LogP contribution in [0.5, 0.6) is 0 Å². The second-order valence-electron chi connectivity index (χ2n) is 10.5. The first kappa shape index (κ1) is 28.2. The van der Waals surface area contributed by atoms with Crippen LogP contribution in [0.25, 0.3) is 0 Å². The Morgan fingerprint density at radius 1 is 1.00 bits per heavy atom. The quantitative estimate of drug-likeness (QED) is 0.524. The van der Waals surface area contributed by atoms with Gasteiger partial charge in [-0.05, 0) is 72.6 Å². The van der Waals surface area contributed by atoms with Crippen LogP contribution in [0.1, 0.15) is 64.3 Å². The summed E-state index contributed by atoms with van der Waals surface area (Å²) in [7, 11) is 0. The first-order chi connectivity index (χ1) is 16.1. The molecule has 2 N–H and O–H groups in total. The number of alkyl carbamates (subject to hydrolysis) is 1. The molecule has 35 heavy (non-hydrogen) atoms. The molecule has 1 atom stereocenters. The molecule has 0 fully saturated rings. The Morgan fingerprint density at radius 3 is 2.17 bits per heavy atom. The molecular formula is C27H36ClN3O4. The van der Waals surface area contributed by atoms with Crippen molar-refractivity contribution in [3.63, 3.8) is 0 Å². The SMILES string of the molecule is Cc1cccc(C(C(=O)Nc2c(C)cccc2Cl)N(C(=O)CNC(=O)OC(C)(C)C)C(C)(C)C)c1. The van der Waals surface area contributed by atoms with Gasteiger partial charge in [-0.15, -0.1) is 0 Å². The number of anilines is 1. The Kier molecular flexibility index (Phi) is 8.95. The molecular weight excluding hydrogens is 466 g/mol. The summed E-state index contributed by atoms with van der Waals surface area (Å²) < 4.78 is 5.25. The molecule has 3 amide bonds. The molecule has 0 spiro atoms. The highest BCUT2D eigenvalue weighted by atomic mass is 35.5. The van der Waals surface area contributed by atoms with E-state index >= 15 is 0 Å². The van der Waals surface area contributed by atoms with Crippen molar-refractivity contribution in [2.24, 2.45) is 0 Å². The molecule has 0 bridgehead atoms. The third-order valence-electron chi connectivity index (χ3n) is 5.11. The first-order valence-electron chi connectivity index (χ1n) is 11.5. The number of hydrogen-bond donors (Lipinski definition) is 2. The molecule has 7 nitrogen and oxygen atoms in total. The average Bonchev–Trinajstić information content (AvgIpc) is 2.70. The van der Waals surface area contributed by atoms with E-state index in [1.54, 1.807) is 32.9 Å². The van der Waals surface area contributed by atoms with Gasteiger partial charge in [0.15, 0.2) is 0 Å². The Labute approximate surface area is 213 Å². The van der Waals surface area contributed by atoms with Crippen molar-refractivity contribution in [2.45, 2.75) is 72.6 Å².